The highest BCUT2D eigenvalue weighted by Crippen LogP contribution is 2.43. The molecule has 1 aliphatic heterocycles. The highest BCUT2D eigenvalue weighted by molar-refractivity contribution is 14.0. The molecule has 0 amide bonds. The molecule has 1 spiro atoms. The third-order valence-corrected chi connectivity index (χ3v) is 6.36. The monoisotopic (exact) mass is 477 g/mol. The second-order valence-electron chi connectivity index (χ2n) is 7.42. The molecular weight excluding hydrogens is 445 g/mol. The van der Waals surface area contributed by atoms with Crippen molar-refractivity contribution in [3.63, 3.8) is 0 Å². The van der Waals surface area contributed by atoms with Gasteiger partial charge in [-0.2, -0.15) is 0 Å². The summed E-state index contributed by atoms with van der Waals surface area (Å²) in [5.74, 6) is 1.07. The molecule has 1 N–H and O–H groups in total. The zero-order valence-corrected chi connectivity index (χ0v) is 18.9. The number of aliphatic imine (C=N–C) groups is 1. The zero-order chi connectivity index (χ0) is 17.0. The van der Waals surface area contributed by atoms with E-state index >= 15 is 0 Å². The topological polar surface area (TPSA) is 43.8 Å². The maximum Gasteiger partial charge on any atom is 0.194 e. The van der Waals surface area contributed by atoms with Gasteiger partial charge in [-0.05, 0) is 31.6 Å². The Morgan fingerprint density at radius 3 is 2.72 bits per heavy atom. The van der Waals surface area contributed by atoms with E-state index in [1.807, 2.05) is 14.1 Å². The molecule has 25 heavy (non-hydrogen) atoms. The summed E-state index contributed by atoms with van der Waals surface area (Å²) >= 11 is 1.68. The van der Waals surface area contributed by atoms with E-state index in [0.717, 1.165) is 29.9 Å². The van der Waals surface area contributed by atoms with Crippen LogP contribution in [0.3, 0.4) is 0 Å². The molecule has 2 aliphatic rings. The first-order chi connectivity index (χ1) is 11.6. The van der Waals surface area contributed by atoms with Crippen molar-refractivity contribution in [3.8, 4) is 0 Å². The lowest BCUT2D eigenvalue weighted by atomic mass is 9.73. The molecule has 142 valence electrons. The van der Waals surface area contributed by atoms with Crippen LogP contribution in [0.15, 0.2) is 10.4 Å². The van der Waals surface area contributed by atoms with Crippen molar-refractivity contribution in [3.05, 3.63) is 11.1 Å². The Hall–Kier alpha value is -0.570. The number of thiazole rings is 1. The Balaban J connectivity index is 0.00000225. The summed E-state index contributed by atoms with van der Waals surface area (Å²) in [6.07, 6.45) is 8.39. The molecule has 2 fully saturated rings. The number of aromatic nitrogens is 1. The van der Waals surface area contributed by atoms with Gasteiger partial charge in [0.1, 0.15) is 0 Å². The number of guanidine groups is 1. The Morgan fingerprint density at radius 2 is 2.08 bits per heavy atom. The third kappa shape index (κ3) is 5.21. The molecule has 0 unspecified atom stereocenters. The number of nitrogens with one attached hydrogen (secondary N) is 1. The van der Waals surface area contributed by atoms with E-state index in [9.17, 15) is 0 Å². The number of hydrogen-bond donors (Lipinski definition) is 1. The SMILES string of the molecule is CCNC(=NCc1csc(N(C)C)n1)N1CCC2(CCCCC2)C1.I. The van der Waals surface area contributed by atoms with Crippen LogP contribution in [0, 0.1) is 5.41 Å². The lowest BCUT2D eigenvalue weighted by Crippen LogP contribution is -2.41. The van der Waals surface area contributed by atoms with E-state index in [2.05, 4.69) is 32.4 Å². The van der Waals surface area contributed by atoms with Gasteiger partial charge in [0, 0.05) is 39.1 Å². The van der Waals surface area contributed by atoms with Crippen LogP contribution in [-0.4, -0.2) is 49.6 Å². The predicted molar refractivity (Wildman–Crippen MR) is 118 cm³/mol. The first-order valence-electron chi connectivity index (χ1n) is 9.27. The van der Waals surface area contributed by atoms with Crippen molar-refractivity contribution < 1.29 is 0 Å². The summed E-state index contributed by atoms with van der Waals surface area (Å²) in [6, 6.07) is 0. The van der Waals surface area contributed by atoms with E-state index in [1.54, 1.807) is 11.3 Å². The molecule has 2 heterocycles. The standard InChI is InChI=1S/C18H31N5S.HI/c1-4-19-16(20-12-15-13-24-17(21-15)22(2)3)23-11-10-18(14-23)8-6-5-7-9-18;/h13H,4-12,14H2,1-3H3,(H,19,20);1H. The Bertz CT molecular complexity index is 566. The molecular formula is C18H32IN5S. The zero-order valence-electron chi connectivity index (χ0n) is 15.8. The van der Waals surface area contributed by atoms with Gasteiger partial charge in [0.25, 0.3) is 0 Å². The van der Waals surface area contributed by atoms with Gasteiger partial charge in [-0.25, -0.2) is 9.98 Å². The second-order valence-corrected chi connectivity index (χ2v) is 8.25. The van der Waals surface area contributed by atoms with Crippen LogP contribution in [0.5, 0.6) is 0 Å². The van der Waals surface area contributed by atoms with Gasteiger partial charge in [-0.15, -0.1) is 35.3 Å². The molecule has 1 saturated carbocycles. The lowest BCUT2D eigenvalue weighted by molar-refractivity contribution is 0.203. The molecule has 3 rings (SSSR count). The number of anilines is 1. The summed E-state index contributed by atoms with van der Waals surface area (Å²) in [5, 5.41) is 6.66. The smallest absolute Gasteiger partial charge is 0.194 e. The summed E-state index contributed by atoms with van der Waals surface area (Å²) in [5.41, 5.74) is 1.62. The normalized spacial score (nSPS) is 19.8. The molecule has 0 atom stereocenters. The molecule has 0 bridgehead atoms. The number of nitrogens with zero attached hydrogens (tertiary/aromatic N) is 4. The second kappa shape index (κ2) is 9.39. The van der Waals surface area contributed by atoms with Crippen LogP contribution in [0.4, 0.5) is 5.13 Å². The molecule has 1 saturated heterocycles. The van der Waals surface area contributed by atoms with Crippen LogP contribution < -0.4 is 10.2 Å². The predicted octanol–water partition coefficient (Wildman–Crippen LogP) is 3.95. The van der Waals surface area contributed by atoms with Crippen LogP contribution in [0.2, 0.25) is 0 Å². The minimum Gasteiger partial charge on any atom is -0.357 e. The summed E-state index contributed by atoms with van der Waals surface area (Å²) in [6.45, 7) is 6.05. The van der Waals surface area contributed by atoms with E-state index in [-0.39, 0.29) is 24.0 Å². The first-order valence-corrected chi connectivity index (χ1v) is 10.1. The average Bonchev–Trinajstić information content (AvgIpc) is 3.20. The van der Waals surface area contributed by atoms with E-state index < -0.39 is 0 Å². The number of likely N-dealkylation sites (tertiary alicyclic amines) is 1. The van der Waals surface area contributed by atoms with Crippen LogP contribution in [-0.2, 0) is 6.54 Å². The molecule has 1 aliphatic carbocycles. The Morgan fingerprint density at radius 1 is 1.32 bits per heavy atom. The van der Waals surface area contributed by atoms with Crippen molar-refractivity contribution >= 4 is 46.4 Å². The maximum absolute atomic E-state index is 4.87. The highest BCUT2D eigenvalue weighted by atomic mass is 127. The van der Waals surface area contributed by atoms with Crippen LogP contribution in [0.1, 0.15) is 51.1 Å². The van der Waals surface area contributed by atoms with E-state index in [4.69, 9.17) is 4.99 Å². The van der Waals surface area contributed by atoms with Crippen LogP contribution >= 0.6 is 35.3 Å². The highest BCUT2D eigenvalue weighted by Gasteiger charge is 2.39. The Labute approximate surface area is 173 Å². The first kappa shape index (κ1) is 20.7. The fraction of sp³-hybridized carbons (Fsp3) is 0.778. The van der Waals surface area contributed by atoms with Crippen molar-refractivity contribution in [2.24, 2.45) is 10.4 Å². The molecule has 1 aromatic heterocycles. The molecule has 5 nitrogen and oxygen atoms in total. The Kier molecular flexibility index (Phi) is 7.79. The minimum atomic E-state index is 0. The van der Waals surface area contributed by atoms with Gasteiger partial charge >= 0.3 is 0 Å². The van der Waals surface area contributed by atoms with Gasteiger partial charge in [-0.1, -0.05) is 19.3 Å². The van der Waals surface area contributed by atoms with Gasteiger partial charge in [0.15, 0.2) is 11.1 Å². The van der Waals surface area contributed by atoms with Crippen molar-refractivity contribution in [1.29, 1.82) is 0 Å². The summed E-state index contributed by atoms with van der Waals surface area (Å²) in [7, 11) is 4.06. The van der Waals surface area contributed by atoms with E-state index in [1.165, 1.54) is 45.1 Å². The largest absolute Gasteiger partial charge is 0.357 e. The maximum atomic E-state index is 4.87. The molecule has 0 aromatic carbocycles. The summed E-state index contributed by atoms with van der Waals surface area (Å²) in [4.78, 5) is 14.0. The van der Waals surface area contributed by atoms with E-state index in [0.29, 0.717) is 12.0 Å². The molecule has 7 heteroatoms. The number of halogens is 1. The van der Waals surface area contributed by atoms with Gasteiger partial charge < -0.3 is 15.1 Å². The van der Waals surface area contributed by atoms with Gasteiger partial charge in [0.05, 0.1) is 12.2 Å². The fourth-order valence-electron chi connectivity index (χ4n) is 3.98. The fourth-order valence-corrected chi connectivity index (χ4v) is 4.73. The lowest BCUT2D eigenvalue weighted by Gasteiger charge is -2.33. The third-order valence-electron chi connectivity index (χ3n) is 5.30. The van der Waals surface area contributed by atoms with Crippen molar-refractivity contribution in [2.45, 2.75) is 52.0 Å². The molecule has 0 radical (unpaired) electrons. The quantitative estimate of drug-likeness (QED) is 0.405. The minimum absolute atomic E-state index is 0. The van der Waals surface area contributed by atoms with Gasteiger partial charge in [-0.3, -0.25) is 0 Å². The number of hydrogen-bond acceptors (Lipinski definition) is 4. The van der Waals surface area contributed by atoms with Gasteiger partial charge in [0.2, 0.25) is 0 Å². The van der Waals surface area contributed by atoms with Crippen molar-refractivity contribution in [2.75, 3.05) is 38.6 Å². The van der Waals surface area contributed by atoms with Crippen LogP contribution in [0.25, 0.3) is 0 Å². The average molecular weight is 477 g/mol. The molecule has 1 aromatic rings. The summed E-state index contributed by atoms with van der Waals surface area (Å²) < 4.78 is 0. The van der Waals surface area contributed by atoms with Crippen molar-refractivity contribution in [1.82, 2.24) is 15.2 Å². The number of rotatable bonds is 4.